The van der Waals surface area contributed by atoms with E-state index in [1.54, 1.807) is 0 Å². The van der Waals surface area contributed by atoms with E-state index in [9.17, 15) is 0 Å². The van der Waals surface area contributed by atoms with Crippen LogP contribution in [0.1, 0.15) is 19.8 Å². The minimum Gasteiger partial charge on any atom is -0.330 e. The van der Waals surface area contributed by atoms with Crippen LogP contribution in [-0.4, -0.2) is 6.54 Å². The number of hydrogen-bond acceptors (Lipinski definition) is 1. The average molecular weight is 225 g/mol. The van der Waals surface area contributed by atoms with Gasteiger partial charge in [0.05, 0.1) is 0 Å². The molecule has 2 N–H and O–H groups in total. The van der Waals surface area contributed by atoms with Gasteiger partial charge in [0.15, 0.2) is 0 Å². The van der Waals surface area contributed by atoms with Crippen LogP contribution in [0.3, 0.4) is 0 Å². The molecular weight excluding hydrogens is 213 g/mol. The molecule has 48 valence electrons. The third kappa shape index (κ3) is 4.59. The van der Waals surface area contributed by atoms with Gasteiger partial charge in [0.1, 0.15) is 0 Å². The van der Waals surface area contributed by atoms with Crippen LogP contribution in [0.2, 0.25) is 0 Å². The van der Waals surface area contributed by atoms with E-state index in [2.05, 4.69) is 35.6 Å². The highest BCUT2D eigenvalue weighted by Crippen LogP contribution is 2.09. The number of nitrogens with two attached hydrogens (primary N) is 1. The molecule has 0 aromatic rings. The summed E-state index contributed by atoms with van der Waals surface area (Å²) < 4.78 is 1.41. The molecule has 0 radical (unpaired) electrons. The maximum Gasteiger partial charge on any atom is -0.00422 e. The SMILES string of the molecule is CC/C(I)=C\CCN. The molecule has 0 amide bonds. The Labute approximate surface area is 64.5 Å². The molecule has 0 aliphatic rings. The van der Waals surface area contributed by atoms with Gasteiger partial charge >= 0.3 is 0 Å². The van der Waals surface area contributed by atoms with Gasteiger partial charge in [-0.2, -0.15) is 0 Å². The second kappa shape index (κ2) is 5.56. The maximum atomic E-state index is 5.28. The largest absolute Gasteiger partial charge is 0.330 e. The first kappa shape index (κ1) is 8.43. The predicted molar refractivity (Wildman–Crippen MR) is 46.1 cm³/mol. The van der Waals surface area contributed by atoms with Gasteiger partial charge < -0.3 is 5.73 Å². The average Bonchev–Trinajstić information content (AvgIpc) is 1.83. The Balaban J connectivity index is 3.26. The van der Waals surface area contributed by atoms with Gasteiger partial charge in [0, 0.05) is 0 Å². The summed E-state index contributed by atoms with van der Waals surface area (Å²) in [5, 5.41) is 0. The van der Waals surface area contributed by atoms with Crippen molar-refractivity contribution in [2.24, 2.45) is 5.73 Å². The van der Waals surface area contributed by atoms with Crippen molar-refractivity contribution in [2.75, 3.05) is 6.54 Å². The molecular formula is C6H12IN. The lowest BCUT2D eigenvalue weighted by Gasteiger charge is -1.89. The number of halogens is 1. The second-order valence-corrected chi connectivity index (χ2v) is 2.97. The van der Waals surface area contributed by atoms with Crippen molar-refractivity contribution in [1.82, 2.24) is 0 Å². The number of rotatable bonds is 3. The molecule has 0 saturated heterocycles. The fourth-order valence-corrected chi connectivity index (χ4v) is 0.696. The first-order valence-electron chi connectivity index (χ1n) is 2.85. The van der Waals surface area contributed by atoms with E-state index in [-0.39, 0.29) is 0 Å². The van der Waals surface area contributed by atoms with Crippen LogP contribution in [0, 0.1) is 0 Å². The standard InChI is InChI=1S/C6H12IN/c1-2-6(7)4-3-5-8/h4H,2-3,5,8H2,1H3/b6-4+. The zero-order chi connectivity index (χ0) is 6.41. The summed E-state index contributed by atoms with van der Waals surface area (Å²) in [5.74, 6) is 0. The molecule has 1 nitrogen and oxygen atoms in total. The summed E-state index contributed by atoms with van der Waals surface area (Å²) >= 11 is 2.33. The molecule has 0 aromatic carbocycles. The molecule has 2 heteroatoms. The second-order valence-electron chi connectivity index (χ2n) is 1.58. The van der Waals surface area contributed by atoms with Crippen LogP contribution in [0.15, 0.2) is 9.66 Å². The lowest BCUT2D eigenvalue weighted by molar-refractivity contribution is 0.997. The summed E-state index contributed by atoms with van der Waals surface area (Å²) in [7, 11) is 0. The highest BCUT2D eigenvalue weighted by molar-refractivity contribution is 14.1. The first-order valence-corrected chi connectivity index (χ1v) is 3.93. The molecule has 8 heavy (non-hydrogen) atoms. The van der Waals surface area contributed by atoms with Crippen molar-refractivity contribution in [3.05, 3.63) is 9.66 Å². The summed E-state index contributed by atoms with van der Waals surface area (Å²) in [6, 6.07) is 0. The van der Waals surface area contributed by atoms with Crippen molar-refractivity contribution in [3.63, 3.8) is 0 Å². The van der Waals surface area contributed by atoms with Crippen molar-refractivity contribution in [3.8, 4) is 0 Å². The van der Waals surface area contributed by atoms with Gasteiger partial charge in [-0.3, -0.25) is 0 Å². The summed E-state index contributed by atoms with van der Waals surface area (Å²) in [4.78, 5) is 0. The Morgan fingerprint density at radius 3 is 2.75 bits per heavy atom. The van der Waals surface area contributed by atoms with E-state index in [1.165, 1.54) is 3.58 Å². The zero-order valence-corrected chi connectivity index (χ0v) is 7.31. The van der Waals surface area contributed by atoms with Gasteiger partial charge in [-0.1, -0.05) is 13.0 Å². The van der Waals surface area contributed by atoms with Crippen molar-refractivity contribution in [2.45, 2.75) is 19.8 Å². The monoisotopic (exact) mass is 225 g/mol. The van der Waals surface area contributed by atoms with Crippen LogP contribution < -0.4 is 5.73 Å². The summed E-state index contributed by atoms with van der Waals surface area (Å²) in [6.07, 6.45) is 4.34. The van der Waals surface area contributed by atoms with Gasteiger partial charge in [0.25, 0.3) is 0 Å². The molecule has 0 atom stereocenters. The lowest BCUT2D eigenvalue weighted by atomic mass is 10.3. The Morgan fingerprint density at radius 2 is 2.38 bits per heavy atom. The Bertz CT molecular complexity index is 78.6. The van der Waals surface area contributed by atoms with Gasteiger partial charge in [0.2, 0.25) is 0 Å². The van der Waals surface area contributed by atoms with Gasteiger partial charge in [-0.05, 0) is 45.6 Å². The van der Waals surface area contributed by atoms with Crippen molar-refractivity contribution < 1.29 is 0 Å². The van der Waals surface area contributed by atoms with Crippen LogP contribution in [0.5, 0.6) is 0 Å². The van der Waals surface area contributed by atoms with E-state index < -0.39 is 0 Å². The van der Waals surface area contributed by atoms with Crippen LogP contribution >= 0.6 is 22.6 Å². The quantitative estimate of drug-likeness (QED) is 0.731. The molecule has 0 fully saturated rings. The zero-order valence-electron chi connectivity index (χ0n) is 5.15. The van der Waals surface area contributed by atoms with E-state index >= 15 is 0 Å². The normalized spacial score (nSPS) is 12.1. The highest BCUT2D eigenvalue weighted by atomic mass is 127. The Morgan fingerprint density at radius 1 is 1.75 bits per heavy atom. The Hall–Kier alpha value is 0.430. The maximum absolute atomic E-state index is 5.28. The van der Waals surface area contributed by atoms with E-state index in [1.807, 2.05) is 0 Å². The van der Waals surface area contributed by atoms with E-state index in [4.69, 9.17) is 5.73 Å². The fourth-order valence-electron chi connectivity index (χ4n) is 0.384. The molecule has 0 saturated carbocycles. The molecule has 0 spiro atoms. The molecule has 0 rings (SSSR count). The van der Waals surface area contributed by atoms with Crippen LogP contribution in [-0.2, 0) is 0 Å². The minimum atomic E-state index is 0.770. The smallest absolute Gasteiger partial charge is 0.00422 e. The van der Waals surface area contributed by atoms with Crippen LogP contribution in [0.4, 0.5) is 0 Å². The van der Waals surface area contributed by atoms with Crippen molar-refractivity contribution >= 4 is 22.6 Å². The Kier molecular flexibility index (Phi) is 5.86. The lowest BCUT2D eigenvalue weighted by Crippen LogP contribution is -1.95. The third-order valence-corrected chi connectivity index (χ3v) is 2.07. The topological polar surface area (TPSA) is 26.0 Å². The molecule has 0 bridgehead atoms. The van der Waals surface area contributed by atoms with Gasteiger partial charge in [-0.25, -0.2) is 0 Å². The van der Waals surface area contributed by atoms with Crippen molar-refractivity contribution in [1.29, 1.82) is 0 Å². The van der Waals surface area contributed by atoms with E-state index in [0.717, 1.165) is 19.4 Å². The number of hydrogen-bond donors (Lipinski definition) is 1. The minimum absolute atomic E-state index is 0.770. The van der Waals surface area contributed by atoms with Gasteiger partial charge in [-0.15, -0.1) is 0 Å². The first-order chi connectivity index (χ1) is 3.81. The van der Waals surface area contributed by atoms with E-state index in [0.29, 0.717) is 0 Å². The molecule has 0 aliphatic carbocycles. The molecule has 0 heterocycles. The fraction of sp³-hybridized carbons (Fsp3) is 0.667. The summed E-state index contributed by atoms with van der Waals surface area (Å²) in [6.45, 7) is 2.92. The molecule has 0 unspecified atom stereocenters. The molecule has 0 aromatic heterocycles. The summed E-state index contributed by atoms with van der Waals surface area (Å²) in [5.41, 5.74) is 5.28. The number of allylic oxidation sites excluding steroid dienone is 1. The predicted octanol–water partition coefficient (Wildman–Crippen LogP) is 2.06. The molecule has 0 aliphatic heterocycles. The van der Waals surface area contributed by atoms with Crippen LogP contribution in [0.25, 0.3) is 0 Å². The highest BCUT2D eigenvalue weighted by Gasteiger charge is 1.81. The third-order valence-electron chi connectivity index (χ3n) is 0.870.